The molecular formula is C19H26N2O4. The third-order valence-electron chi connectivity index (χ3n) is 4.00. The number of amides is 2. The van der Waals surface area contributed by atoms with Crippen molar-refractivity contribution in [1.82, 2.24) is 10.6 Å². The van der Waals surface area contributed by atoms with Gasteiger partial charge in [-0.15, -0.1) is 0 Å². The molecule has 1 heterocycles. The predicted octanol–water partition coefficient (Wildman–Crippen LogP) is 3.48. The molecule has 0 saturated heterocycles. The van der Waals surface area contributed by atoms with Crippen molar-refractivity contribution in [3.8, 4) is 11.5 Å². The summed E-state index contributed by atoms with van der Waals surface area (Å²) in [7, 11) is 0. The number of urea groups is 1. The molecule has 0 fully saturated rings. The second kappa shape index (κ2) is 8.55. The molecule has 2 rings (SSSR count). The number of ether oxygens (including phenoxy) is 2. The van der Waals surface area contributed by atoms with Crippen LogP contribution in [0.3, 0.4) is 0 Å². The zero-order valence-electron chi connectivity index (χ0n) is 15.3. The van der Waals surface area contributed by atoms with E-state index in [0.29, 0.717) is 36.0 Å². The lowest BCUT2D eigenvalue weighted by Crippen LogP contribution is -2.44. The molecule has 136 valence electrons. The Hall–Kier alpha value is -2.50. The Balaban J connectivity index is 2.37. The third kappa shape index (κ3) is 4.53. The summed E-state index contributed by atoms with van der Waals surface area (Å²) in [5.74, 6) is 1.20. The maximum Gasteiger partial charge on any atom is 0.319 e. The minimum absolute atomic E-state index is 0.0868. The van der Waals surface area contributed by atoms with Crippen molar-refractivity contribution >= 4 is 11.8 Å². The first-order chi connectivity index (χ1) is 12.0. The van der Waals surface area contributed by atoms with Crippen molar-refractivity contribution in [2.24, 2.45) is 0 Å². The van der Waals surface area contributed by atoms with Gasteiger partial charge in [0.1, 0.15) is 0 Å². The highest BCUT2D eigenvalue weighted by atomic mass is 16.5. The fraction of sp³-hybridized carbons (Fsp3) is 0.474. The molecule has 0 spiro atoms. The number of unbranched alkanes of at least 4 members (excludes halogenated alkanes) is 1. The molecule has 0 aliphatic carbocycles. The van der Waals surface area contributed by atoms with Gasteiger partial charge in [-0.1, -0.05) is 19.4 Å². The maximum absolute atomic E-state index is 12.0. The standard InChI is InChI=1S/C19H26N2O4/c1-5-7-10-25-15-9-8-14(11-16(15)24-6-2)18-17(13(4)22)12(3)20-19(23)21-18/h8-9,11,18H,5-7,10H2,1-4H3,(H2,20,21,23)/t18-/m1/s1. The molecule has 1 aliphatic rings. The largest absolute Gasteiger partial charge is 0.490 e. The van der Waals surface area contributed by atoms with Gasteiger partial charge >= 0.3 is 6.03 Å². The quantitative estimate of drug-likeness (QED) is 0.707. The summed E-state index contributed by atoms with van der Waals surface area (Å²) < 4.78 is 11.5. The zero-order chi connectivity index (χ0) is 18.4. The van der Waals surface area contributed by atoms with Gasteiger partial charge in [0, 0.05) is 11.3 Å². The Morgan fingerprint density at radius 1 is 1.20 bits per heavy atom. The van der Waals surface area contributed by atoms with Crippen LogP contribution < -0.4 is 20.1 Å². The van der Waals surface area contributed by atoms with Crippen LogP contribution in [0, 0.1) is 0 Å². The number of carbonyl (C=O) groups is 2. The van der Waals surface area contributed by atoms with Gasteiger partial charge in [-0.2, -0.15) is 0 Å². The average molecular weight is 346 g/mol. The molecular weight excluding hydrogens is 320 g/mol. The van der Waals surface area contributed by atoms with Gasteiger partial charge < -0.3 is 20.1 Å². The van der Waals surface area contributed by atoms with E-state index in [0.717, 1.165) is 18.4 Å². The van der Waals surface area contributed by atoms with Gasteiger partial charge in [-0.25, -0.2) is 4.79 Å². The van der Waals surface area contributed by atoms with Crippen molar-refractivity contribution < 1.29 is 19.1 Å². The summed E-state index contributed by atoms with van der Waals surface area (Å²) in [6.45, 7) is 8.36. The van der Waals surface area contributed by atoms with Crippen molar-refractivity contribution in [2.45, 2.75) is 46.6 Å². The molecule has 1 aliphatic heterocycles. The number of Topliss-reactive ketones (excluding diaryl/α,β-unsaturated/α-hetero) is 1. The molecule has 0 saturated carbocycles. The monoisotopic (exact) mass is 346 g/mol. The van der Waals surface area contributed by atoms with Crippen LogP contribution in [0.1, 0.15) is 52.1 Å². The van der Waals surface area contributed by atoms with Crippen molar-refractivity contribution in [3.05, 3.63) is 35.0 Å². The van der Waals surface area contributed by atoms with Gasteiger partial charge in [0.25, 0.3) is 0 Å². The lowest BCUT2D eigenvalue weighted by Gasteiger charge is -2.28. The van der Waals surface area contributed by atoms with Gasteiger partial charge in [-0.05, 0) is 44.9 Å². The molecule has 0 unspecified atom stereocenters. The lowest BCUT2D eigenvalue weighted by molar-refractivity contribution is -0.114. The fourth-order valence-electron chi connectivity index (χ4n) is 2.83. The van der Waals surface area contributed by atoms with Crippen LogP contribution in [0.5, 0.6) is 11.5 Å². The van der Waals surface area contributed by atoms with E-state index in [9.17, 15) is 9.59 Å². The number of benzene rings is 1. The van der Waals surface area contributed by atoms with Crippen LogP contribution in [0.2, 0.25) is 0 Å². The summed E-state index contributed by atoms with van der Waals surface area (Å²) in [6, 6.07) is 4.69. The Morgan fingerprint density at radius 3 is 2.60 bits per heavy atom. The van der Waals surface area contributed by atoms with Crippen LogP contribution in [0.4, 0.5) is 4.79 Å². The van der Waals surface area contributed by atoms with Crippen LogP contribution >= 0.6 is 0 Å². The Kier molecular flexibility index (Phi) is 6.44. The highest BCUT2D eigenvalue weighted by molar-refractivity contribution is 5.98. The number of hydrogen-bond donors (Lipinski definition) is 2. The SMILES string of the molecule is CCCCOc1ccc([C@H]2NC(=O)NC(C)=C2C(C)=O)cc1OCC. The molecule has 25 heavy (non-hydrogen) atoms. The fourth-order valence-corrected chi connectivity index (χ4v) is 2.83. The van der Waals surface area contributed by atoms with Crippen LogP contribution in [0.25, 0.3) is 0 Å². The second-order valence-electron chi connectivity index (χ2n) is 5.97. The number of nitrogens with one attached hydrogen (secondary N) is 2. The number of ketones is 1. The van der Waals surface area contributed by atoms with Crippen molar-refractivity contribution in [3.63, 3.8) is 0 Å². The summed E-state index contributed by atoms with van der Waals surface area (Å²) >= 11 is 0. The average Bonchev–Trinajstić information content (AvgIpc) is 2.55. The minimum Gasteiger partial charge on any atom is -0.490 e. The van der Waals surface area contributed by atoms with Crippen molar-refractivity contribution in [2.75, 3.05) is 13.2 Å². The van der Waals surface area contributed by atoms with Crippen LogP contribution in [0.15, 0.2) is 29.5 Å². The van der Waals surface area contributed by atoms with E-state index in [1.807, 2.05) is 25.1 Å². The number of hydrogen-bond acceptors (Lipinski definition) is 4. The molecule has 0 aromatic heterocycles. The first kappa shape index (κ1) is 18.8. The molecule has 1 atom stereocenters. The molecule has 1 aromatic rings. The number of rotatable bonds is 8. The van der Waals surface area contributed by atoms with Gasteiger partial charge in [0.2, 0.25) is 0 Å². The minimum atomic E-state index is -0.504. The lowest BCUT2D eigenvalue weighted by atomic mass is 9.93. The van der Waals surface area contributed by atoms with Gasteiger partial charge in [-0.3, -0.25) is 4.79 Å². The van der Waals surface area contributed by atoms with E-state index in [4.69, 9.17) is 9.47 Å². The highest BCUT2D eigenvalue weighted by Gasteiger charge is 2.29. The van der Waals surface area contributed by atoms with E-state index in [1.54, 1.807) is 6.92 Å². The number of carbonyl (C=O) groups excluding carboxylic acids is 2. The Labute approximate surface area is 148 Å². The first-order valence-electron chi connectivity index (χ1n) is 8.66. The molecule has 6 nitrogen and oxygen atoms in total. The van der Waals surface area contributed by atoms with E-state index in [1.165, 1.54) is 6.92 Å². The zero-order valence-corrected chi connectivity index (χ0v) is 15.3. The smallest absolute Gasteiger partial charge is 0.319 e. The summed E-state index contributed by atoms with van der Waals surface area (Å²) in [5, 5.41) is 5.46. The van der Waals surface area contributed by atoms with Crippen molar-refractivity contribution in [1.29, 1.82) is 0 Å². The topological polar surface area (TPSA) is 76.7 Å². The van der Waals surface area contributed by atoms with Crippen LogP contribution in [-0.4, -0.2) is 25.0 Å². The second-order valence-corrected chi connectivity index (χ2v) is 5.97. The molecule has 0 bridgehead atoms. The molecule has 0 radical (unpaired) electrons. The van der Waals surface area contributed by atoms with E-state index in [2.05, 4.69) is 17.6 Å². The normalized spacial score (nSPS) is 17.0. The van der Waals surface area contributed by atoms with E-state index in [-0.39, 0.29) is 11.8 Å². The third-order valence-corrected chi connectivity index (χ3v) is 4.00. The number of allylic oxidation sites excluding steroid dienone is 1. The Bertz CT molecular complexity index is 682. The summed E-state index contributed by atoms with van der Waals surface area (Å²) in [6.07, 6.45) is 2.02. The van der Waals surface area contributed by atoms with Gasteiger partial charge in [0.05, 0.1) is 19.3 Å². The maximum atomic E-state index is 12.0. The van der Waals surface area contributed by atoms with Crippen LogP contribution in [-0.2, 0) is 4.79 Å². The molecule has 6 heteroatoms. The summed E-state index contributed by atoms with van der Waals surface area (Å²) in [5.41, 5.74) is 1.90. The predicted molar refractivity (Wildman–Crippen MR) is 95.8 cm³/mol. The van der Waals surface area contributed by atoms with Gasteiger partial charge in [0.15, 0.2) is 17.3 Å². The highest BCUT2D eigenvalue weighted by Crippen LogP contribution is 2.34. The van der Waals surface area contributed by atoms with E-state index >= 15 is 0 Å². The first-order valence-corrected chi connectivity index (χ1v) is 8.66. The molecule has 1 aromatic carbocycles. The molecule has 2 N–H and O–H groups in total. The Morgan fingerprint density at radius 2 is 1.96 bits per heavy atom. The van der Waals surface area contributed by atoms with E-state index < -0.39 is 6.04 Å². The summed E-state index contributed by atoms with van der Waals surface area (Å²) in [4.78, 5) is 23.9. The molecule has 2 amide bonds.